The third kappa shape index (κ3) is 4.27. The second-order valence-corrected chi connectivity index (χ2v) is 8.44. The van der Waals surface area contributed by atoms with E-state index < -0.39 is 11.7 Å². The van der Waals surface area contributed by atoms with Crippen molar-refractivity contribution < 1.29 is 27.3 Å². The summed E-state index contributed by atoms with van der Waals surface area (Å²) < 4.78 is 0. The van der Waals surface area contributed by atoms with Crippen LogP contribution in [-0.4, -0.2) is 21.9 Å². The summed E-state index contributed by atoms with van der Waals surface area (Å²) in [4.78, 5) is 0. The Morgan fingerprint density at radius 1 is 0.742 bits per heavy atom. The van der Waals surface area contributed by atoms with Gasteiger partial charge in [0.25, 0.3) is 0 Å². The van der Waals surface area contributed by atoms with Crippen molar-refractivity contribution >= 4 is 0 Å². The predicted octanol–water partition coefficient (Wildman–Crippen LogP) is 4.47. The number of hydrogen-bond donors (Lipinski definition) is 2. The molecule has 0 amide bonds. The van der Waals surface area contributed by atoms with E-state index in [1.807, 2.05) is 75.6 Å². The third-order valence-corrected chi connectivity index (χ3v) is 6.85. The molecule has 3 aliphatic carbocycles. The molecule has 2 aromatic rings. The topological polar surface area (TPSA) is 40.5 Å². The van der Waals surface area contributed by atoms with Crippen molar-refractivity contribution in [2.24, 2.45) is 5.92 Å². The van der Waals surface area contributed by atoms with Gasteiger partial charge in [-0.05, 0) is 80.8 Å². The Morgan fingerprint density at radius 2 is 1.26 bits per heavy atom. The first-order valence-corrected chi connectivity index (χ1v) is 10.6. The van der Waals surface area contributed by atoms with E-state index in [0.717, 1.165) is 17.4 Å². The molecule has 3 fully saturated rings. The maximum Gasteiger partial charge on any atom is 2.00 e. The summed E-state index contributed by atoms with van der Waals surface area (Å²) in [6.45, 7) is 0. The Hall–Kier alpha value is -1.12. The first-order valence-electron chi connectivity index (χ1n) is 10.6. The molecule has 10 radical (unpaired) electrons. The van der Waals surface area contributed by atoms with Gasteiger partial charge in [0.15, 0.2) is 0 Å². The first kappa shape index (κ1) is 23.1. The van der Waals surface area contributed by atoms with Gasteiger partial charge < -0.3 is 10.2 Å². The van der Waals surface area contributed by atoms with Crippen LogP contribution in [0.4, 0.5) is 0 Å². The van der Waals surface area contributed by atoms with Gasteiger partial charge in [-0.15, -0.1) is 0 Å². The SMILES string of the molecule is O[C@H]([C]1[CH][CH][CH][CH]1)[C@H]1[C@@H](c2ccccc2)[C@@H](c2ccccc2)C[C@]1(O)[C]1[CH][CH][CH][CH]1.[Fe+2]. The molecule has 5 atom stereocenters. The molecular formula is C28H26FeO2+2. The minimum Gasteiger partial charge on any atom is -0.392 e. The van der Waals surface area contributed by atoms with E-state index >= 15 is 0 Å². The molecule has 0 heterocycles. The quantitative estimate of drug-likeness (QED) is 0.660. The number of hydrogen-bond acceptors (Lipinski definition) is 2. The standard InChI is InChI=1S/C28H26O2.Fe/c29-27(22-15-7-8-16-22)26-25(21-13-5-2-6-14-21)24(20-11-3-1-4-12-20)19-28(26,30)23-17-9-10-18-23;/h1-18,24-27,29-30H,19H2;/q;+2/t24-,25+,26-,27-,28+;/m1./s1. The van der Waals surface area contributed by atoms with E-state index in [-0.39, 0.29) is 34.8 Å². The molecule has 5 rings (SSSR count). The molecule has 2 nitrogen and oxygen atoms in total. The molecule has 2 N–H and O–H groups in total. The summed E-state index contributed by atoms with van der Waals surface area (Å²) in [6.07, 6.45) is 15.5. The van der Waals surface area contributed by atoms with Crippen molar-refractivity contribution in [3.63, 3.8) is 0 Å². The van der Waals surface area contributed by atoms with Gasteiger partial charge >= 0.3 is 17.1 Å². The molecule has 0 bridgehead atoms. The Kier molecular flexibility index (Phi) is 7.28. The Bertz CT molecular complexity index is 813. The van der Waals surface area contributed by atoms with E-state index in [1.165, 1.54) is 5.56 Å². The van der Waals surface area contributed by atoms with Crippen LogP contribution in [0.5, 0.6) is 0 Å². The second kappa shape index (κ2) is 9.79. The molecule has 0 aromatic heterocycles. The summed E-state index contributed by atoms with van der Waals surface area (Å²) in [5.41, 5.74) is 1.24. The maximum absolute atomic E-state index is 12.2. The first-order chi connectivity index (χ1) is 14.7. The van der Waals surface area contributed by atoms with E-state index in [2.05, 4.69) is 36.4 Å². The van der Waals surface area contributed by atoms with E-state index in [9.17, 15) is 10.2 Å². The Morgan fingerprint density at radius 3 is 1.84 bits per heavy atom. The van der Waals surface area contributed by atoms with E-state index in [1.54, 1.807) is 0 Å². The number of rotatable bonds is 5. The molecule has 3 saturated carbocycles. The largest absolute Gasteiger partial charge is 2.00 e. The average molecular weight is 450 g/mol. The van der Waals surface area contributed by atoms with Crippen molar-refractivity contribution in [2.75, 3.05) is 0 Å². The molecule has 0 unspecified atom stereocenters. The molecule has 3 aliphatic rings. The molecule has 2 aromatic carbocycles. The van der Waals surface area contributed by atoms with Gasteiger partial charge in [0.2, 0.25) is 0 Å². The van der Waals surface area contributed by atoms with Crippen LogP contribution in [0, 0.1) is 69.1 Å². The van der Waals surface area contributed by atoms with Crippen molar-refractivity contribution in [3.05, 3.63) is 135 Å². The normalized spacial score (nSPS) is 32.8. The van der Waals surface area contributed by atoms with Crippen molar-refractivity contribution in [1.29, 1.82) is 0 Å². The Labute approximate surface area is 197 Å². The van der Waals surface area contributed by atoms with Gasteiger partial charge in [0.1, 0.15) is 0 Å². The minimum absolute atomic E-state index is 0. The summed E-state index contributed by atoms with van der Waals surface area (Å²) in [5, 5.41) is 23.8. The van der Waals surface area contributed by atoms with Crippen molar-refractivity contribution in [1.82, 2.24) is 0 Å². The zero-order valence-corrected chi connectivity index (χ0v) is 18.3. The average Bonchev–Trinajstić information content (AvgIpc) is 3.55. The fourth-order valence-electron chi connectivity index (χ4n) is 5.51. The van der Waals surface area contributed by atoms with Crippen molar-refractivity contribution in [2.45, 2.75) is 30.0 Å². The van der Waals surface area contributed by atoms with Crippen LogP contribution in [0.1, 0.15) is 29.4 Å². The van der Waals surface area contributed by atoms with E-state index in [0.29, 0.717) is 6.42 Å². The van der Waals surface area contributed by atoms with Gasteiger partial charge in [0, 0.05) is 17.8 Å². The molecule has 0 aliphatic heterocycles. The summed E-state index contributed by atoms with van der Waals surface area (Å²) in [6, 6.07) is 20.8. The summed E-state index contributed by atoms with van der Waals surface area (Å²) >= 11 is 0. The maximum atomic E-state index is 12.2. The van der Waals surface area contributed by atoms with Gasteiger partial charge in [-0.2, -0.15) is 0 Å². The number of benzene rings is 2. The van der Waals surface area contributed by atoms with Crippen LogP contribution in [0.3, 0.4) is 0 Å². The molecule has 31 heavy (non-hydrogen) atoms. The van der Waals surface area contributed by atoms with Gasteiger partial charge in [0.05, 0.1) is 11.7 Å². The van der Waals surface area contributed by atoms with Crippen LogP contribution in [0.15, 0.2) is 60.7 Å². The van der Waals surface area contributed by atoms with E-state index in [4.69, 9.17) is 0 Å². The monoisotopic (exact) mass is 450 g/mol. The van der Waals surface area contributed by atoms with Crippen LogP contribution < -0.4 is 0 Å². The molecule has 0 spiro atoms. The fraction of sp³-hybridized carbons (Fsp3) is 0.214. The molecule has 3 heteroatoms. The molecular weight excluding hydrogens is 424 g/mol. The molecule has 156 valence electrons. The molecule has 0 saturated heterocycles. The fourth-order valence-corrected chi connectivity index (χ4v) is 5.51. The second-order valence-electron chi connectivity index (χ2n) is 8.44. The zero-order valence-electron chi connectivity index (χ0n) is 17.2. The van der Waals surface area contributed by atoms with Gasteiger partial charge in [-0.3, -0.25) is 0 Å². The third-order valence-electron chi connectivity index (χ3n) is 6.85. The van der Waals surface area contributed by atoms with Crippen molar-refractivity contribution in [3.8, 4) is 0 Å². The van der Waals surface area contributed by atoms with Crippen LogP contribution in [-0.2, 0) is 17.1 Å². The van der Waals surface area contributed by atoms with Gasteiger partial charge in [-0.25, -0.2) is 0 Å². The van der Waals surface area contributed by atoms with Gasteiger partial charge in [-0.1, -0.05) is 60.7 Å². The van der Waals surface area contributed by atoms with Crippen LogP contribution >= 0.6 is 0 Å². The predicted molar refractivity (Wildman–Crippen MR) is 118 cm³/mol. The summed E-state index contributed by atoms with van der Waals surface area (Å²) in [7, 11) is 0. The number of aliphatic hydroxyl groups excluding tert-OH is 1. The summed E-state index contributed by atoms with van der Waals surface area (Å²) in [5.74, 6) is 1.47. The number of aliphatic hydroxyl groups is 2. The minimum atomic E-state index is -1.12. The van der Waals surface area contributed by atoms with Crippen LogP contribution in [0.25, 0.3) is 0 Å². The smallest absolute Gasteiger partial charge is 0.392 e. The zero-order chi connectivity index (χ0) is 20.6. The Balaban J connectivity index is 0.00000231. The van der Waals surface area contributed by atoms with Crippen LogP contribution in [0.2, 0.25) is 0 Å².